The van der Waals surface area contributed by atoms with Crippen LogP contribution in [0.1, 0.15) is 40.0 Å². The van der Waals surface area contributed by atoms with E-state index in [1.165, 1.54) is 0 Å². The lowest BCUT2D eigenvalue weighted by Crippen LogP contribution is -2.29. The zero-order chi connectivity index (χ0) is 11.6. The molecule has 3 nitrogen and oxygen atoms in total. The highest BCUT2D eigenvalue weighted by atomic mass is 16.5. The van der Waals surface area contributed by atoms with E-state index in [1.807, 2.05) is 0 Å². The standard InChI is InChI=1S/C12H27NO2/c1-5-10-15-11-6-8-13-9-7-12(2,3)14-4/h13H,5-11H2,1-4H3. The lowest BCUT2D eigenvalue weighted by molar-refractivity contribution is 0.0158. The quantitative estimate of drug-likeness (QED) is 0.569. The number of hydrogen-bond donors (Lipinski definition) is 1. The minimum Gasteiger partial charge on any atom is -0.381 e. The zero-order valence-electron chi connectivity index (χ0n) is 10.8. The summed E-state index contributed by atoms with van der Waals surface area (Å²) in [6.07, 6.45) is 3.24. The van der Waals surface area contributed by atoms with Crippen molar-refractivity contribution in [2.24, 2.45) is 0 Å². The van der Waals surface area contributed by atoms with Gasteiger partial charge in [-0.2, -0.15) is 0 Å². The third-order valence-corrected chi connectivity index (χ3v) is 2.45. The fourth-order valence-electron chi connectivity index (χ4n) is 1.16. The minimum absolute atomic E-state index is 0.00822. The number of methoxy groups -OCH3 is 1. The molecule has 0 saturated heterocycles. The van der Waals surface area contributed by atoms with E-state index in [-0.39, 0.29) is 5.60 Å². The van der Waals surface area contributed by atoms with Crippen LogP contribution in [0.3, 0.4) is 0 Å². The largest absolute Gasteiger partial charge is 0.381 e. The summed E-state index contributed by atoms with van der Waals surface area (Å²) < 4.78 is 10.7. The Bertz CT molecular complexity index is 138. The molecule has 0 aromatic heterocycles. The van der Waals surface area contributed by atoms with Crippen molar-refractivity contribution in [2.45, 2.75) is 45.6 Å². The topological polar surface area (TPSA) is 30.5 Å². The van der Waals surface area contributed by atoms with E-state index >= 15 is 0 Å². The molecule has 0 amide bonds. The molecule has 0 aliphatic heterocycles. The molecule has 0 fully saturated rings. The number of ether oxygens (including phenoxy) is 2. The van der Waals surface area contributed by atoms with Crippen molar-refractivity contribution < 1.29 is 9.47 Å². The molecule has 0 heterocycles. The molecule has 0 atom stereocenters. The number of nitrogens with one attached hydrogen (secondary N) is 1. The van der Waals surface area contributed by atoms with E-state index in [0.29, 0.717) is 0 Å². The summed E-state index contributed by atoms with van der Waals surface area (Å²) in [6, 6.07) is 0. The Labute approximate surface area is 94.5 Å². The summed E-state index contributed by atoms with van der Waals surface area (Å²) in [4.78, 5) is 0. The van der Waals surface area contributed by atoms with Gasteiger partial charge in [-0.25, -0.2) is 0 Å². The van der Waals surface area contributed by atoms with E-state index in [0.717, 1.165) is 45.6 Å². The molecule has 0 unspecified atom stereocenters. The lowest BCUT2D eigenvalue weighted by atomic mass is 10.1. The predicted molar refractivity (Wildman–Crippen MR) is 64.3 cm³/mol. The monoisotopic (exact) mass is 217 g/mol. The van der Waals surface area contributed by atoms with E-state index in [1.54, 1.807) is 7.11 Å². The molecule has 0 aromatic carbocycles. The average molecular weight is 217 g/mol. The fourth-order valence-corrected chi connectivity index (χ4v) is 1.16. The SMILES string of the molecule is CCCOCCCNCCC(C)(C)OC. The Balaban J connectivity index is 3.11. The van der Waals surface area contributed by atoms with E-state index in [2.05, 4.69) is 26.1 Å². The molecule has 0 radical (unpaired) electrons. The van der Waals surface area contributed by atoms with Gasteiger partial charge in [0.2, 0.25) is 0 Å². The average Bonchev–Trinajstić information content (AvgIpc) is 2.22. The van der Waals surface area contributed by atoms with Crippen molar-refractivity contribution in [3.05, 3.63) is 0 Å². The summed E-state index contributed by atoms with van der Waals surface area (Å²) in [6.45, 7) is 10.1. The van der Waals surface area contributed by atoms with Gasteiger partial charge in [0.25, 0.3) is 0 Å². The maximum Gasteiger partial charge on any atom is 0.0634 e. The van der Waals surface area contributed by atoms with Gasteiger partial charge < -0.3 is 14.8 Å². The minimum atomic E-state index is -0.00822. The van der Waals surface area contributed by atoms with Crippen LogP contribution in [0.2, 0.25) is 0 Å². The van der Waals surface area contributed by atoms with Crippen molar-refractivity contribution >= 4 is 0 Å². The molecule has 0 rings (SSSR count). The molecular formula is C12H27NO2. The van der Waals surface area contributed by atoms with Crippen molar-refractivity contribution in [3.63, 3.8) is 0 Å². The highest BCUT2D eigenvalue weighted by molar-refractivity contribution is 4.68. The fraction of sp³-hybridized carbons (Fsp3) is 1.00. The summed E-state index contributed by atoms with van der Waals surface area (Å²) in [5.74, 6) is 0. The van der Waals surface area contributed by atoms with Crippen molar-refractivity contribution in [2.75, 3.05) is 33.4 Å². The molecule has 92 valence electrons. The second-order valence-electron chi connectivity index (χ2n) is 4.43. The van der Waals surface area contributed by atoms with Crippen molar-refractivity contribution in [3.8, 4) is 0 Å². The smallest absolute Gasteiger partial charge is 0.0634 e. The maximum absolute atomic E-state index is 5.39. The summed E-state index contributed by atoms with van der Waals surface area (Å²) >= 11 is 0. The van der Waals surface area contributed by atoms with Crippen LogP contribution in [0.25, 0.3) is 0 Å². The van der Waals surface area contributed by atoms with Gasteiger partial charge in [-0.05, 0) is 46.2 Å². The Hall–Kier alpha value is -0.120. The Kier molecular flexibility index (Phi) is 9.06. The predicted octanol–water partition coefficient (Wildman–Crippen LogP) is 2.21. The Morgan fingerprint density at radius 1 is 1.13 bits per heavy atom. The first-order valence-corrected chi connectivity index (χ1v) is 5.96. The van der Waals surface area contributed by atoms with Crippen LogP contribution in [-0.4, -0.2) is 39.0 Å². The second-order valence-corrected chi connectivity index (χ2v) is 4.43. The van der Waals surface area contributed by atoms with Gasteiger partial charge in [0.1, 0.15) is 0 Å². The van der Waals surface area contributed by atoms with Crippen LogP contribution in [-0.2, 0) is 9.47 Å². The first-order valence-electron chi connectivity index (χ1n) is 5.96. The zero-order valence-corrected chi connectivity index (χ0v) is 10.8. The highest BCUT2D eigenvalue weighted by Crippen LogP contribution is 2.11. The summed E-state index contributed by atoms with van der Waals surface area (Å²) in [5, 5.41) is 3.39. The molecule has 0 spiro atoms. The molecule has 1 N–H and O–H groups in total. The van der Waals surface area contributed by atoms with Crippen LogP contribution in [0.5, 0.6) is 0 Å². The van der Waals surface area contributed by atoms with Gasteiger partial charge in [0.15, 0.2) is 0 Å². The molecule has 0 aromatic rings. The van der Waals surface area contributed by atoms with Gasteiger partial charge in [-0.15, -0.1) is 0 Å². The van der Waals surface area contributed by atoms with Gasteiger partial charge >= 0.3 is 0 Å². The van der Waals surface area contributed by atoms with Crippen molar-refractivity contribution in [1.82, 2.24) is 5.32 Å². The Morgan fingerprint density at radius 2 is 1.87 bits per heavy atom. The van der Waals surface area contributed by atoms with Gasteiger partial charge in [0, 0.05) is 20.3 Å². The van der Waals surface area contributed by atoms with Crippen LogP contribution in [0.15, 0.2) is 0 Å². The second kappa shape index (κ2) is 9.13. The molecular weight excluding hydrogens is 190 g/mol. The molecule has 0 bridgehead atoms. The first-order chi connectivity index (χ1) is 7.12. The molecule has 0 saturated carbocycles. The molecule has 0 aliphatic carbocycles. The molecule has 15 heavy (non-hydrogen) atoms. The molecule has 0 aliphatic rings. The normalized spacial score (nSPS) is 12.0. The van der Waals surface area contributed by atoms with Gasteiger partial charge in [0.05, 0.1) is 5.60 Å². The number of hydrogen-bond acceptors (Lipinski definition) is 3. The van der Waals surface area contributed by atoms with E-state index < -0.39 is 0 Å². The van der Waals surface area contributed by atoms with E-state index in [9.17, 15) is 0 Å². The Morgan fingerprint density at radius 3 is 2.47 bits per heavy atom. The highest BCUT2D eigenvalue weighted by Gasteiger charge is 2.14. The third kappa shape index (κ3) is 10.2. The van der Waals surface area contributed by atoms with Crippen LogP contribution in [0, 0.1) is 0 Å². The summed E-state index contributed by atoms with van der Waals surface area (Å²) in [5.41, 5.74) is -0.00822. The summed E-state index contributed by atoms with van der Waals surface area (Å²) in [7, 11) is 1.76. The maximum atomic E-state index is 5.39. The number of rotatable bonds is 10. The van der Waals surface area contributed by atoms with Crippen LogP contribution < -0.4 is 5.32 Å². The van der Waals surface area contributed by atoms with Crippen LogP contribution >= 0.6 is 0 Å². The van der Waals surface area contributed by atoms with Gasteiger partial charge in [-0.3, -0.25) is 0 Å². The van der Waals surface area contributed by atoms with E-state index in [4.69, 9.17) is 9.47 Å². The van der Waals surface area contributed by atoms with Crippen LogP contribution in [0.4, 0.5) is 0 Å². The lowest BCUT2D eigenvalue weighted by Gasteiger charge is -2.22. The van der Waals surface area contributed by atoms with Gasteiger partial charge in [-0.1, -0.05) is 6.92 Å². The van der Waals surface area contributed by atoms with Crippen molar-refractivity contribution in [1.29, 1.82) is 0 Å². The molecule has 3 heteroatoms. The first kappa shape index (κ1) is 14.9. The third-order valence-electron chi connectivity index (χ3n) is 2.45.